The molecule has 2 aliphatic heterocycles. The predicted molar refractivity (Wildman–Crippen MR) is 97.0 cm³/mol. The van der Waals surface area contributed by atoms with E-state index in [1.165, 1.54) is 0 Å². The van der Waals surface area contributed by atoms with Gasteiger partial charge < -0.3 is 14.6 Å². The number of benzene rings is 2. The summed E-state index contributed by atoms with van der Waals surface area (Å²) in [5, 5.41) is 1.08. The summed E-state index contributed by atoms with van der Waals surface area (Å²) in [5.74, 6) is -0.316. The van der Waals surface area contributed by atoms with Crippen molar-refractivity contribution >= 4 is 22.8 Å². The van der Waals surface area contributed by atoms with Crippen LogP contribution in [0.2, 0.25) is 0 Å². The monoisotopic (exact) mass is 346 g/mol. The molecule has 0 aliphatic carbocycles. The number of likely N-dealkylation sites (tertiary alicyclic amines) is 1. The number of fused-ring (bicyclic) bond motifs is 3. The zero-order valence-corrected chi connectivity index (χ0v) is 14.2. The normalized spacial score (nSPS) is 21.8. The second kappa shape index (κ2) is 5.46. The first-order chi connectivity index (χ1) is 12.7. The minimum atomic E-state index is -0.710. The summed E-state index contributed by atoms with van der Waals surface area (Å²) in [4.78, 5) is 30.3. The maximum atomic E-state index is 13.1. The van der Waals surface area contributed by atoms with Crippen LogP contribution in [0.5, 0.6) is 0 Å². The average molecular weight is 346 g/mol. The van der Waals surface area contributed by atoms with Crippen LogP contribution < -0.4 is 0 Å². The molecule has 1 saturated heterocycles. The van der Waals surface area contributed by atoms with Crippen LogP contribution in [0, 0.1) is 0 Å². The summed E-state index contributed by atoms with van der Waals surface area (Å²) in [5.41, 5.74) is 2.41. The number of rotatable bonds is 1. The van der Waals surface area contributed by atoms with E-state index in [1.54, 1.807) is 6.07 Å². The average Bonchev–Trinajstić information content (AvgIpc) is 3.24. The minimum absolute atomic E-state index is 0.0268. The molecule has 1 amide bonds. The lowest BCUT2D eigenvalue weighted by molar-refractivity contribution is -0.0442. The van der Waals surface area contributed by atoms with E-state index in [0.717, 1.165) is 29.3 Å². The van der Waals surface area contributed by atoms with Crippen molar-refractivity contribution in [2.75, 3.05) is 13.1 Å². The fourth-order valence-corrected chi connectivity index (χ4v) is 4.21. The number of carbonyl (C=O) groups is 2. The first-order valence-electron chi connectivity index (χ1n) is 8.86. The highest BCUT2D eigenvalue weighted by Gasteiger charge is 2.48. The number of H-pyrrole nitrogens is 1. The van der Waals surface area contributed by atoms with Gasteiger partial charge in [0, 0.05) is 29.4 Å². The van der Waals surface area contributed by atoms with Crippen molar-refractivity contribution in [3.8, 4) is 0 Å². The Bertz CT molecular complexity index is 1040. The van der Waals surface area contributed by atoms with E-state index in [1.807, 2.05) is 53.6 Å². The zero-order chi connectivity index (χ0) is 17.7. The summed E-state index contributed by atoms with van der Waals surface area (Å²) < 4.78 is 5.80. The van der Waals surface area contributed by atoms with Crippen molar-refractivity contribution in [2.24, 2.45) is 0 Å². The van der Waals surface area contributed by atoms with Gasteiger partial charge in [-0.05, 0) is 42.5 Å². The van der Waals surface area contributed by atoms with Gasteiger partial charge in [0.05, 0.1) is 12.1 Å². The number of aromatic nitrogens is 1. The highest BCUT2D eigenvalue weighted by Crippen LogP contribution is 2.43. The number of ether oxygens (including phenoxy) is 1. The minimum Gasteiger partial charge on any atom is -0.449 e. The molecular formula is C21H18N2O3. The molecule has 26 heavy (non-hydrogen) atoms. The molecule has 3 aromatic rings. The van der Waals surface area contributed by atoms with Crippen LogP contribution in [-0.2, 0) is 10.3 Å². The zero-order valence-electron chi connectivity index (χ0n) is 14.2. The number of hydrogen-bond acceptors (Lipinski definition) is 3. The molecule has 5 heteroatoms. The van der Waals surface area contributed by atoms with Gasteiger partial charge in [0.15, 0.2) is 5.60 Å². The Balaban J connectivity index is 1.48. The largest absolute Gasteiger partial charge is 0.449 e. The SMILES string of the molecule is O=C1OC2(CCCN(C(=O)c3ccc4cc[nH]c4c3)C2)c2ccccc21. The molecule has 130 valence electrons. The van der Waals surface area contributed by atoms with Crippen LogP contribution in [0.1, 0.15) is 39.1 Å². The van der Waals surface area contributed by atoms with Gasteiger partial charge in [-0.25, -0.2) is 4.79 Å². The van der Waals surface area contributed by atoms with Crippen molar-refractivity contribution in [1.82, 2.24) is 9.88 Å². The number of hydrogen-bond donors (Lipinski definition) is 1. The Labute approximate surface area is 150 Å². The molecule has 1 N–H and O–H groups in total. The first kappa shape index (κ1) is 15.2. The van der Waals surface area contributed by atoms with Crippen molar-refractivity contribution in [1.29, 1.82) is 0 Å². The molecule has 5 rings (SSSR count). The fraction of sp³-hybridized carbons (Fsp3) is 0.238. The van der Waals surface area contributed by atoms with E-state index >= 15 is 0 Å². The number of amides is 1. The summed E-state index contributed by atoms with van der Waals surface area (Å²) in [7, 11) is 0. The molecule has 3 heterocycles. The van der Waals surface area contributed by atoms with Crippen LogP contribution >= 0.6 is 0 Å². The van der Waals surface area contributed by atoms with Gasteiger partial charge >= 0.3 is 5.97 Å². The Hall–Kier alpha value is -3.08. The molecule has 0 radical (unpaired) electrons. The van der Waals surface area contributed by atoms with E-state index < -0.39 is 5.60 Å². The molecule has 1 unspecified atom stereocenters. The van der Waals surface area contributed by atoms with E-state index in [2.05, 4.69) is 4.98 Å². The first-order valence-corrected chi connectivity index (χ1v) is 8.86. The van der Waals surface area contributed by atoms with Crippen LogP contribution in [0.3, 0.4) is 0 Å². The predicted octanol–water partition coefficient (Wildman–Crippen LogP) is 3.47. The van der Waals surface area contributed by atoms with Gasteiger partial charge in [0.25, 0.3) is 5.91 Å². The number of nitrogens with one attached hydrogen (secondary N) is 1. The summed E-state index contributed by atoms with van der Waals surface area (Å²) in [6, 6.07) is 15.2. The van der Waals surface area contributed by atoms with Crippen LogP contribution in [0.15, 0.2) is 54.7 Å². The third kappa shape index (κ3) is 2.17. The Morgan fingerprint density at radius 3 is 2.96 bits per heavy atom. The summed E-state index contributed by atoms with van der Waals surface area (Å²) in [6.45, 7) is 1.07. The molecule has 1 spiro atoms. The molecule has 5 nitrogen and oxygen atoms in total. The molecular weight excluding hydrogens is 328 g/mol. The Morgan fingerprint density at radius 1 is 1.15 bits per heavy atom. The quantitative estimate of drug-likeness (QED) is 0.686. The second-order valence-corrected chi connectivity index (χ2v) is 7.04. The van der Waals surface area contributed by atoms with Crippen LogP contribution in [0.4, 0.5) is 0 Å². The van der Waals surface area contributed by atoms with Gasteiger partial charge in [-0.2, -0.15) is 0 Å². The van der Waals surface area contributed by atoms with Crippen LogP contribution in [0.25, 0.3) is 10.9 Å². The molecule has 1 atom stereocenters. The lowest BCUT2D eigenvalue weighted by Crippen LogP contribution is -2.48. The third-order valence-corrected chi connectivity index (χ3v) is 5.47. The fourth-order valence-electron chi connectivity index (χ4n) is 4.21. The van der Waals surface area contributed by atoms with Gasteiger partial charge in [-0.15, -0.1) is 0 Å². The van der Waals surface area contributed by atoms with Crippen LogP contribution in [-0.4, -0.2) is 34.8 Å². The maximum absolute atomic E-state index is 13.1. The molecule has 0 bridgehead atoms. The van der Waals surface area contributed by atoms with Crippen molar-refractivity contribution in [3.05, 3.63) is 71.4 Å². The Morgan fingerprint density at radius 2 is 2.04 bits per heavy atom. The molecule has 2 aliphatic rings. The summed E-state index contributed by atoms with van der Waals surface area (Å²) >= 11 is 0. The highest BCUT2D eigenvalue weighted by atomic mass is 16.6. The van der Waals surface area contributed by atoms with Gasteiger partial charge in [-0.3, -0.25) is 4.79 Å². The van der Waals surface area contributed by atoms with E-state index in [4.69, 9.17) is 4.74 Å². The van der Waals surface area contributed by atoms with E-state index in [9.17, 15) is 9.59 Å². The summed E-state index contributed by atoms with van der Waals surface area (Å²) in [6.07, 6.45) is 3.41. The van der Waals surface area contributed by atoms with Gasteiger partial charge in [0.1, 0.15) is 0 Å². The molecule has 1 aromatic heterocycles. The number of aromatic amines is 1. The lowest BCUT2D eigenvalue weighted by atomic mass is 9.85. The van der Waals surface area contributed by atoms with E-state index in [-0.39, 0.29) is 11.9 Å². The highest BCUT2D eigenvalue weighted by molar-refractivity contribution is 5.98. The number of esters is 1. The molecule has 0 saturated carbocycles. The van der Waals surface area contributed by atoms with Crippen molar-refractivity contribution < 1.29 is 14.3 Å². The van der Waals surface area contributed by atoms with Crippen molar-refractivity contribution in [3.63, 3.8) is 0 Å². The second-order valence-electron chi connectivity index (χ2n) is 7.04. The van der Waals surface area contributed by atoms with Gasteiger partial charge in [-0.1, -0.05) is 24.3 Å². The van der Waals surface area contributed by atoms with Crippen molar-refractivity contribution in [2.45, 2.75) is 18.4 Å². The molecule has 1 fully saturated rings. The number of piperidine rings is 1. The molecule has 2 aromatic carbocycles. The lowest BCUT2D eigenvalue weighted by Gasteiger charge is -2.39. The maximum Gasteiger partial charge on any atom is 0.339 e. The number of carbonyl (C=O) groups excluding carboxylic acids is 2. The van der Waals surface area contributed by atoms with E-state index in [0.29, 0.717) is 24.2 Å². The number of nitrogens with zero attached hydrogens (tertiary/aromatic N) is 1. The Kier molecular flexibility index (Phi) is 3.19. The standard InChI is InChI=1S/C21H18N2O3/c24-19(15-7-6-14-8-10-22-18(14)12-15)23-11-3-9-21(13-23)17-5-2-1-4-16(17)20(25)26-21/h1-2,4-8,10,12,22H,3,9,11,13H2. The smallest absolute Gasteiger partial charge is 0.339 e. The van der Waals surface area contributed by atoms with Gasteiger partial charge in [0.2, 0.25) is 0 Å². The third-order valence-electron chi connectivity index (χ3n) is 5.47. The topological polar surface area (TPSA) is 62.4 Å².